The van der Waals surface area contributed by atoms with Gasteiger partial charge in [-0.05, 0) is 44.1 Å². The SMILES string of the molecule is CC(C)C(CCN)CCC(=O)NCC1CCCO1. The second kappa shape index (κ2) is 8.48. The molecule has 1 amide bonds. The number of hydrogen-bond acceptors (Lipinski definition) is 3. The molecule has 1 fully saturated rings. The first-order chi connectivity index (χ1) is 8.63. The smallest absolute Gasteiger partial charge is 0.220 e. The lowest BCUT2D eigenvalue weighted by Gasteiger charge is -2.20. The van der Waals surface area contributed by atoms with E-state index in [2.05, 4.69) is 19.2 Å². The van der Waals surface area contributed by atoms with Crippen LogP contribution in [0, 0.1) is 11.8 Å². The second-order valence-corrected chi connectivity index (χ2v) is 5.56. The molecule has 0 aromatic rings. The van der Waals surface area contributed by atoms with Crippen LogP contribution in [0.2, 0.25) is 0 Å². The summed E-state index contributed by atoms with van der Waals surface area (Å²) in [7, 11) is 0. The number of amides is 1. The molecule has 1 aliphatic heterocycles. The summed E-state index contributed by atoms with van der Waals surface area (Å²) < 4.78 is 5.47. The lowest BCUT2D eigenvalue weighted by Crippen LogP contribution is -2.32. The molecular weight excluding hydrogens is 228 g/mol. The van der Waals surface area contributed by atoms with Crippen LogP contribution in [0.4, 0.5) is 0 Å². The zero-order valence-electron chi connectivity index (χ0n) is 11.8. The van der Waals surface area contributed by atoms with Crippen molar-refractivity contribution in [1.29, 1.82) is 0 Å². The Labute approximate surface area is 111 Å². The molecular formula is C14H28N2O2. The minimum atomic E-state index is 0.146. The number of nitrogens with two attached hydrogens (primary N) is 1. The molecule has 0 spiro atoms. The molecule has 0 aliphatic carbocycles. The van der Waals surface area contributed by atoms with E-state index < -0.39 is 0 Å². The highest BCUT2D eigenvalue weighted by atomic mass is 16.5. The van der Waals surface area contributed by atoms with Gasteiger partial charge in [0.15, 0.2) is 0 Å². The van der Waals surface area contributed by atoms with Crippen LogP contribution in [-0.4, -0.2) is 31.7 Å². The Hall–Kier alpha value is -0.610. The Balaban J connectivity index is 2.14. The lowest BCUT2D eigenvalue weighted by molar-refractivity contribution is -0.122. The van der Waals surface area contributed by atoms with Gasteiger partial charge in [0, 0.05) is 19.6 Å². The molecule has 0 saturated carbocycles. The zero-order chi connectivity index (χ0) is 13.4. The minimum absolute atomic E-state index is 0.146. The van der Waals surface area contributed by atoms with Gasteiger partial charge in [-0.2, -0.15) is 0 Å². The standard InChI is InChI=1S/C14H28N2O2/c1-11(2)12(7-8-15)5-6-14(17)16-10-13-4-3-9-18-13/h11-13H,3-10,15H2,1-2H3,(H,16,17). The van der Waals surface area contributed by atoms with E-state index >= 15 is 0 Å². The molecule has 1 saturated heterocycles. The first-order valence-corrected chi connectivity index (χ1v) is 7.21. The molecule has 2 atom stereocenters. The van der Waals surface area contributed by atoms with E-state index in [0.29, 0.717) is 31.3 Å². The van der Waals surface area contributed by atoms with Crippen molar-refractivity contribution in [2.45, 2.75) is 52.1 Å². The van der Waals surface area contributed by atoms with Crippen molar-refractivity contribution >= 4 is 5.91 Å². The average Bonchev–Trinajstić information content (AvgIpc) is 2.84. The van der Waals surface area contributed by atoms with E-state index in [4.69, 9.17) is 10.5 Å². The van der Waals surface area contributed by atoms with E-state index in [1.807, 2.05) is 0 Å². The third kappa shape index (κ3) is 5.83. The Bertz CT molecular complexity index is 238. The normalized spacial score (nSPS) is 21.2. The lowest BCUT2D eigenvalue weighted by atomic mass is 9.88. The molecule has 1 aliphatic rings. The van der Waals surface area contributed by atoms with Crippen molar-refractivity contribution in [3.63, 3.8) is 0 Å². The number of rotatable bonds is 8. The van der Waals surface area contributed by atoms with Gasteiger partial charge >= 0.3 is 0 Å². The Kier molecular flexibility index (Phi) is 7.28. The van der Waals surface area contributed by atoms with Gasteiger partial charge in [-0.1, -0.05) is 13.8 Å². The topological polar surface area (TPSA) is 64.4 Å². The van der Waals surface area contributed by atoms with Gasteiger partial charge in [0.25, 0.3) is 0 Å². The highest BCUT2D eigenvalue weighted by molar-refractivity contribution is 5.75. The molecule has 0 bridgehead atoms. The van der Waals surface area contributed by atoms with Crippen LogP contribution in [0.25, 0.3) is 0 Å². The number of carbonyl (C=O) groups is 1. The summed E-state index contributed by atoms with van der Waals surface area (Å²) in [6.07, 6.45) is 4.98. The van der Waals surface area contributed by atoms with Crippen LogP contribution in [0.3, 0.4) is 0 Å². The molecule has 4 nitrogen and oxygen atoms in total. The number of ether oxygens (including phenoxy) is 1. The van der Waals surface area contributed by atoms with Crippen LogP contribution in [0.5, 0.6) is 0 Å². The van der Waals surface area contributed by atoms with Gasteiger partial charge in [0.2, 0.25) is 5.91 Å². The fraction of sp³-hybridized carbons (Fsp3) is 0.929. The Morgan fingerprint density at radius 2 is 2.22 bits per heavy atom. The van der Waals surface area contributed by atoms with E-state index in [9.17, 15) is 4.79 Å². The number of hydrogen-bond donors (Lipinski definition) is 2. The minimum Gasteiger partial charge on any atom is -0.376 e. The quantitative estimate of drug-likeness (QED) is 0.694. The fourth-order valence-corrected chi connectivity index (χ4v) is 2.46. The van der Waals surface area contributed by atoms with Crippen molar-refractivity contribution in [2.75, 3.05) is 19.7 Å². The van der Waals surface area contributed by atoms with Gasteiger partial charge in [-0.25, -0.2) is 0 Å². The molecule has 1 rings (SSSR count). The van der Waals surface area contributed by atoms with Gasteiger partial charge in [0.1, 0.15) is 0 Å². The predicted molar refractivity (Wildman–Crippen MR) is 73.2 cm³/mol. The highest BCUT2D eigenvalue weighted by Crippen LogP contribution is 2.20. The van der Waals surface area contributed by atoms with Crippen LogP contribution in [0.15, 0.2) is 0 Å². The maximum Gasteiger partial charge on any atom is 0.220 e. The summed E-state index contributed by atoms with van der Waals surface area (Å²) in [5.74, 6) is 1.30. The Morgan fingerprint density at radius 1 is 1.44 bits per heavy atom. The summed E-state index contributed by atoms with van der Waals surface area (Å²) in [5, 5.41) is 2.97. The number of nitrogens with one attached hydrogen (secondary N) is 1. The first kappa shape index (κ1) is 15.4. The summed E-state index contributed by atoms with van der Waals surface area (Å²) >= 11 is 0. The van der Waals surface area contributed by atoms with Crippen LogP contribution < -0.4 is 11.1 Å². The second-order valence-electron chi connectivity index (χ2n) is 5.56. The molecule has 4 heteroatoms. The molecule has 0 aromatic carbocycles. The molecule has 0 aromatic heterocycles. The zero-order valence-corrected chi connectivity index (χ0v) is 11.8. The molecule has 0 radical (unpaired) electrons. The van der Waals surface area contributed by atoms with Crippen LogP contribution in [0.1, 0.15) is 46.0 Å². The number of carbonyl (C=O) groups excluding carboxylic acids is 1. The predicted octanol–water partition coefficient (Wildman–Crippen LogP) is 1.68. The van der Waals surface area contributed by atoms with Gasteiger partial charge < -0.3 is 15.8 Å². The monoisotopic (exact) mass is 256 g/mol. The van der Waals surface area contributed by atoms with E-state index in [1.54, 1.807) is 0 Å². The maximum absolute atomic E-state index is 11.7. The van der Waals surface area contributed by atoms with E-state index in [0.717, 1.165) is 32.3 Å². The van der Waals surface area contributed by atoms with E-state index in [1.165, 1.54) is 0 Å². The molecule has 3 N–H and O–H groups in total. The summed E-state index contributed by atoms with van der Waals surface area (Å²) in [5.41, 5.74) is 5.60. The molecule has 106 valence electrons. The first-order valence-electron chi connectivity index (χ1n) is 7.21. The summed E-state index contributed by atoms with van der Waals surface area (Å²) in [6, 6.07) is 0. The van der Waals surface area contributed by atoms with Crippen molar-refractivity contribution in [2.24, 2.45) is 17.6 Å². The van der Waals surface area contributed by atoms with E-state index in [-0.39, 0.29) is 12.0 Å². The van der Waals surface area contributed by atoms with Crippen molar-refractivity contribution < 1.29 is 9.53 Å². The third-order valence-corrected chi connectivity index (χ3v) is 3.77. The van der Waals surface area contributed by atoms with Crippen LogP contribution >= 0.6 is 0 Å². The van der Waals surface area contributed by atoms with Crippen molar-refractivity contribution in [3.05, 3.63) is 0 Å². The molecule has 2 unspecified atom stereocenters. The average molecular weight is 256 g/mol. The maximum atomic E-state index is 11.7. The van der Waals surface area contributed by atoms with Crippen molar-refractivity contribution in [3.8, 4) is 0 Å². The summed E-state index contributed by atoms with van der Waals surface area (Å²) in [4.78, 5) is 11.7. The van der Waals surface area contributed by atoms with Gasteiger partial charge in [-0.15, -0.1) is 0 Å². The highest BCUT2D eigenvalue weighted by Gasteiger charge is 2.17. The van der Waals surface area contributed by atoms with Crippen LogP contribution in [-0.2, 0) is 9.53 Å². The summed E-state index contributed by atoms with van der Waals surface area (Å²) in [6.45, 7) is 6.62. The molecule has 1 heterocycles. The van der Waals surface area contributed by atoms with Gasteiger partial charge in [0.05, 0.1) is 6.10 Å². The van der Waals surface area contributed by atoms with Crippen molar-refractivity contribution in [1.82, 2.24) is 5.32 Å². The fourth-order valence-electron chi connectivity index (χ4n) is 2.46. The Morgan fingerprint density at radius 3 is 2.78 bits per heavy atom. The van der Waals surface area contributed by atoms with Gasteiger partial charge in [-0.3, -0.25) is 4.79 Å². The third-order valence-electron chi connectivity index (χ3n) is 3.77. The molecule has 18 heavy (non-hydrogen) atoms. The largest absolute Gasteiger partial charge is 0.376 e.